The van der Waals surface area contributed by atoms with Crippen molar-refractivity contribution in [2.24, 2.45) is 0 Å². The Morgan fingerprint density at radius 1 is 1.14 bits per heavy atom. The molecule has 22 heavy (non-hydrogen) atoms. The van der Waals surface area contributed by atoms with Crippen LogP contribution in [0, 0.1) is 5.82 Å². The first-order valence-electron chi connectivity index (χ1n) is 6.55. The van der Waals surface area contributed by atoms with Gasteiger partial charge in [-0.2, -0.15) is 0 Å². The number of hydrogen-bond acceptors (Lipinski definition) is 4. The molecule has 0 N–H and O–H groups in total. The fraction of sp³-hybridized carbons (Fsp3) is 0.0625. The number of halogens is 1. The maximum atomic E-state index is 13.7. The van der Waals surface area contributed by atoms with Crippen molar-refractivity contribution in [3.05, 3.63) is 70.6 Å². The normalized spacial score (nSPS) is 16.6. The summed E-state index contributed by atoms with van der Waals surface area (Å²) in [5, 5.41) is -0.407. The Labute approximate surface area is 130 Å². The van der Waals surface area contributed by atoms with Crippen molar-refractivity contribution < 1.29 is 14.0 Å². The van der Waals surface area contributed by atoms with Crippen LogP contribution < -0.4 is 0 Å². The van der Waals surface area contributed by atoms with Gasteiger partial charge in [0.15, 0.2) is 0 Å². The molecule has 0 saturated carbocycles. The molecule has 2 amide bonds. The molecule has 0 atom stereocenters. The molecule has 0 bridgehead atoms. The molecule has 2 aromatic rings. The van der Waals surface area contributed by atoms with Gasteiger partial charge in [-0.15, -0.1) is 0 Å². The van der Waals surface area contributed by atoms with Crippen LogP contribution >= 0.6 is 11.8 Å². The maximum Gasteiger partial charge on any atom is 0.293 e. The number of carbonyl (C=O) groups excluding carboxylic acids is 2. The molecule has 1 saturated heterocycles. The molecule has 2 heterocycles. The van der Waals surface area contributed by atoms with Crippen molar-refractivity contribution in [2.75, 3.05) is 0 Å². The van der Waals surface area contributed by atoms with Gasteiger partial charge in [-0.25, -0.2) is 4.39 Å². The molecule has 0 unspecified atom stereocenters. The zero-order chi connectivity index (χ0) is 15.5. The summed E-state index contributed by atoms with van der Waals surface area (Å²) in [7, 11) is 0. The summed E-state index contributed by atoms with van der Waals surface area (Å²) in [6.07, 6.45) is 3.17. The second kappa shape index (κ2) is 6.11. The predicted octanol–water partition coefficient (Wildman–Crippen LogP) is 3.46. The third-order valence-electron chi connectivity index (χ3n) is 3.13. The summed E-state index contributed by atoms with van der Waals surface area (Å²) >= 11 is 0.838. The third kappa shape index (κ3) is 2.92. The minimum absolute atomic E-state index is 0.0725. The van der Waals surface area contributed by atoms with E-state index in [0.717, 1.165) is 16.7 Å². The molecule has 1 aliphatic heterocycles. The number of rotatable bonds is 3. The second-order valence-corrected chi connectivity index (χ2v) is 5.61. The Kier molecular flexibility index (Phi) is 4.02. The van der Waals surface area contributed by atoms with Crippen molar-refractivity contribution in [3.63, 3.8) is 0 Å². The highest BCUT2D eigenvalue weighted by molar-refractivity contribution is 8.18. The predicted molar refractivity (Wildman–Crippen MR) is 82.2 cm³/mol. The minimum Gasteiger partial charge on any atom is -0.268 e. The van der Waals surface area contributed by atoms with Gasteiger partial charge in [0.05, 0.1) is 17.1 Å². The van der Waals surface area contributed by atoms with E-state index in [9.17, 15) is 14.0 Å². The summed E-state index contributed by atoms with van der Waals surface area (Å²) in [5.41, 5.74) is 0.905. The molecular formula is C16H11FN2O2S. The van der Waals surface area contributed by atoms with Gasteiger partial charge in [-0.1, -0.05) is 24.3 Å². The van der Waals surface area contributed by atoms with Crippen LogP contribution in [0.4, 0.5) is 9.18 Å². The molecule has 1 aromatic carbocycles. The SMILES string of the molecule is O=C1S/C(=C/c2ccccn2)C(=O)N1Cc1ccccc1F. The Morgan fingerprint density at radius 2 is 1.91 bits per heavy atom. The van der Waals surface area contributed by atoms with Gasteiger partial charge in [-0.05, 0) is 36.0 Å². The Hall–Kier alpha value is -2.47. The highest BCUT2D eigenvalue weighted by atomic mass is 32.2. The Morgan fingerprint density at radius 3 is 2.64 bits per heavy atom. The lowest BCUT2D eigenvalue weighted by atomic mass is 10.2. The van der Waals surface area contributed by atoms with E-state index in [4.69, 9.17) is 0 Å². The van der Waals surface area contributed by atoms with Crippen LogP contribution in [0.25, 0.3) is 6.08 Å². The van der Waals surface area contributed by atoms with Crippen LogP contribution in [0.3, 0.4) is 0 Å². The summed E-state index contributed by atoms with van der Waals surface area (Å²) in [6.45, 7) is -0.0725. The quantitative estimate of drug-likeness (QED) is 0.814. The molecule has 1 aromatic heterocycles. The van der Waals surface area contributed by atoms with Crippen molar-refractivity contribution in [1.82, 2.24) is 9.88 Å². The third-order valence-corrected chi connectivity index (χ3v) is 4.03. The lowest BCUT2D eigenvalue weighted by Crippen LogP contribution is -2.27. The van der Waals surface area contributed by atoms with Crippen LogP contribution in [0.15, 0.2) is 53.6 Å². The highest BCUT2D eigenvalue weighted by Gasteiger charge is 2.35. The van der Waals surface area contributed by atoms with Crippen molar-refractivity contribution in [3.8, 4) is 0 Å². The number of nitrogens with zero attached hydrogens (tertiary/aromatic N) is 2. The summed E-state index contributed by atoms with van der Waals surface area (Å²) < 4.78 is 13.7. The van der Waals surface area contributed by atoms with Crippen molar-refractivity contribution in [2.45, 2.75) is 6.54 Å². The second-order valence-electron chi connectivity index (χ2n) is 4.61. The zero-order valence-corrected chi connectivity index (χ0v) is 12.2. The number of amides is 2. The topological polar surface area (TPSA) is 50.3 Å². The first-order chi connectivity index (χ1) is 10.6. The van der Waals surface area contributed by atoms with E-state index >= 15 is 0 Å². The van der Waals surface area contributed by atoms with E-state index < -0.39 is 17.0 Å². The molecule has 1 fully saturated rings. The number of pyridine rings is 1. The van der Waals surface area contributed by atoms with E-state index in [-0.39, 0.29) is 6.54 Å². The first-order valence-corrected chi connectivity index (χ1v) is 7.36. The van der Waals surface area contributed by atoms with E-state index in [1.54, 1.807) is 48.7 Å². The average molecular weight is 314 g/mol. The number of benzene rings is 1. The summed E-state index contributed by atoms with van der Waals surface area (Å²) in [5.74, 6) is -0.862. The maximum absolute atomic E-state index is 13.7. The van der Waals surface area contributed by atoms with Crippen LogP contribution in [0.1, 0.15) is 11.3 Å². The smallest absolute Gasteiger partial charge is 0.268 e. The number of imide groups is 1. The van der Waals surface area contributed by atoms with Crippen LogP contribution in [0.5, 0.6) is 0 Å². The largest absolute Gasteiger partial charge is 0.293 e. The molecule has 6 heteroatoms. The molecule has 0 spiro atoms. The van der Waals surface area contributed by atoms with Crippen molar-refractivity contribution in [1.29, 1.82) is 0 Å². The first kappa shape index (κ1) is 14.5. The van der Waals surface area contributed by atoms with Gasteiger partial charge in [0.25, 0.3) is 11.1 Å². The fourth-order valence-electron chi connectivity index (χ4n) is 2.03. The Balaban J connectivity index is 1.83. The average Bonchev–Trinajstić information content (AvgIpc) is 2.78. The molecule has 3 rings (SSSR count). The van der Waals surface area contributed by atoms with Gasteiger partial charge in [0.2, 0.25) is 0 Å². The molecule has 0 radical (unpaired) electrons. The summed E-state index contributed by atoms with van der Waals surface area (Å²) in [4.78, 5) is 29.7. The van der Waals surface area contributed by atoms with Gasteiger partial charge in [-0.3, -0.25) is 19.5 Å². The molecule has 0 aliphatic carbocycles. The summed E-state index contributed by atoms with van der Waals surface area (Å²) in [6, 6.07) is 11.4. The molecular weight excluding hydrogens is 303 g/mol. The van der Waals surface area contributed by atoms with Gasteiger partial charge in [0, 0.05) is 11.8 Å². The van der Waals surface area contributed by atoms with Crippen LogP contribution in [0.2, 0.25) is 0 Å². The van der Waals surface area contributed by atoms with E-state index in [0.29, 0.717) is 16.2 Å². The van der Waals surface area contributed by atoms with Gasteiger partial charge in [0.1, 0.15) is 5.82 Å². The van der Waals surface area contributed by atoms with Crippen molar-refractivity contribution >= 4 is 29.0 Å². The fourth-order valence-corrected chi connectivity index (χ4v) is 2.85. The Bertz CT molecular complexity index is 762. The van der Waals surface area contributed by atoms with Crippen LogP contribution in [-0.2, 0) is 11.3 Å². The number of hydrogen-bond donors (Lipinski definition) is 0. The monoisotopic (exact) mass is 314 g/mol. The number of aromatic nitrogens is 1. The minimum atomic E-state index is -0.435. The van der Waals surface area contributed by atoms with E-state index in [1.807, 2.05) is 0 Å². The van der Waals surface area contributed by atoms with Gasteiger partial charge < -0.3 is 0 Å². The molecule has 1 aliphatic rings. The van der Waals surface area contributed by atoms with E-state index in [1.165, 1.54) is 6.07 Å². The lowest BCUT2D eigenvalue weighted by molar-refractivity contribution is -0.123. The lowest BCUT2D eigenvalue weighted by Gasteiger charge is -2.12. The van der Waals surface area contributed by atoms with E-state index in [2.05, 4.69) is 4.98 Å². The number of thioether (sulfide) groups is 1. The standard InChI is InChI=1S/C16H11FN2O2S/c17-13-7-2-1-5-11(13)10-19-15(20)14(22-16(19)21)9-12-6-3-4-8-18-12/h1-9H,10H2/b14-9+. The van der Waals surface area contributed by atoms with Crippen LogP contribution in [-0.4, -0.2) is 21.0 Å². The zero-order valence-electron chi connectivity index (χ0n) is 11.4. The number of carbonyl (C=O) groups is 2. The molecule has 4 nitrogen and oxygen atoms in total. The van der Waals surface area contributed by atoms with Gasteiger partial charge >= 0.3 is 0 Å². The highest BCUT2D eigenvalue weighted by Crippen LogP contribution is 2.33. The molecule has 110 valence electrons.